The minimum atomic E-state index is -1.72. The summed E-state index contributed by atoms with van der Waals surface area (Å²) in [4.78, 5) is 8.03. The average Bonchev–Trinajstić information content (AvgIpc) is 3.02. The van der Waals surface area contributed by atoms with Crippen LogP contribution in [0.15, 0.2) is 6.20 Å². The summed E-state index contributed by atoms with van der Waals surface area (Å²) in [5.74, 6) is 0.108. The maximum atomic E-state index is 14.2. The van der Waals surface area contributed by atoms with Crippen molar-refractivity contribution in [3.05, 3.63) is 11.9 Å². The molecular weight excluding hydrogens is 297 g/mol. The zero-order chi connectivity index (χ0) is 15.9. The Morgan fingerprint density at radius 2 is 2.32 bits per heavy atom. The number of aliphatic hydroxyl groups excluding tert-OH is 2. The first kappa shape index (κ1) is 14.9. The Bertz CT molecular complexity index is 681. The summed E-state index contributed by atoms with van der Waals surface area (Å²) in [6, 6.07) is 0. The molecule has 10 heteroatoms. The molecule has 22 heavy (non-hydrogen) atoms. The topological polar surface area (TPSA) is 128 Å². The molecule has 0 aliphatic carbocycles. The fourth-order valence-electron chi connectivity index (χ4n) is 2.43. The summed E-state index contributed by atoms with van der Waals surface area (Å²) in [5.41, 5.74) is 6.15. The Morgan fingerprint density at radius 3 is 2.95 bits per heavy atom. The molecule has 1 aliphatic rings. The second-order valence-corrected chi connectivity index (χ2v) is 4.84. The van der Waals surface area contributed by atoms with Gasteiger partial charge in [-0.25, -0.2) is 13.9 Å². The van der Waals surface area contributed by atoms with Crippen LogP contribution < -0.4 is 10.5 Å². The van der Waals surface area contributed by atoms with Crippen molar-refractivity contribution in [1.82, 2.24) is 19.6 Å². The van der Waals surface area contributed by atoms with E-state index in [0.29, 0.717) is 6.61 Å². The number of fused-ring (bicyclic) bond motifs is 1. The Labute approximate surface area is 124 Å². The van der Waals surface area contributed by atoms with E-state index in [2.05, 4.69) is 15.1 Å². The maximum Gasteiger partial charge on any atom is 0.263 e. The van der Waals surface area contributed by atoms with Crippen molar-refractivity contribution >= 4 is 11.6 Å². The number of rotatable bonds is 4. The van der Waals surface area contributed by atoms with Gasteiger partial charge in [0.25, 0.3) is 5.88 Å². The smallest absolute Gasteiger partial charge is 0.263 e. The number of ether oxygens (including phenoxy) is 2. The van der Waals surface area contributed by atoms with Crippen LogP contribution in [-0.2, 0) is 4.74 Å². The van der Waals surface area contributed by atoms with E-state index in [-0.39, 0.29) is 23.2 Å². The van der Waals surface area contributed by atoms with Gasteiger partial charge in [0.05, 0.1) is 25.1 Å². The molecule has 0 spiro atoms. The molecule has 3 heterocycles. The predicted molar refractivity (Wildman–Crippen MR) is 72.0 cm³/mol. The molecule has 1 fully saturated rings. The summed E-state index contributed by atoms with van der Waals surface area (Å²) in [6.45, 7) is 1.64. The first-order valence-corrected chi connectivity index (χ1v) is 6.79. The van der Waals surface area contributed by atoms with Crippen LogP contribution in [0.3, 0.4) is 0 Å². The van der Waals surface area contributed by atoms with E-state index in [0.717, 1.165) is 0 Å². The average molecular weight is 313 g/mol. The third kappa shape index (κ3) is 2.25. The van der Waals surface area contributed by atoms with Gasteiger partial charge in [0.2, 0.25) is 11.6 Å². The normalized spacial score (nSPS) is 28.4. The molecule has 120 valence electrons. The lowest BCUT2D eigenvalue weighted by atomic mass is 10.1. The van der Waals surface area contributed by atoms with Gasteiger partial charge in [0.15, 0.2) is 6.17 Å². The van der Waals surface area contributed by atoms with Crippen LogP contribution >= 0.6 is 0 Å². The van der Waals surface area contributed by atoms with Gasteiger partial charge in [0, 0.05) is 0 Å². The molecule has 0 bridgehead atoms. The minimum absolute atomic E-state index is 0.0668. The van der Waals surface area contributed by atoms with Crippen molar-refractivity contribution in [3.63, 3.8) is 0 Å². The van der Waals surface area contributed by atoms with Gasteiger partial charge in [-0.15, -0.1) is 5.10 Å². The van der Waals surface area contributed by atoms with Gasteiger partial charge in [-0.2, -0.15) is 4.98 Å². The minimum Gasteiger partial charge on any atom is -0.475 e. The van der Waals surface area contributed by atoms with Gasteiger partial charge < -0.3 is 25.4 Å². The van der Waals surface area contributed by atoms with Crippen molar-refractivity contribution in [2.45, 2.75) is 31.4 Å². The molecule has 3 rings (SSSR count). The number of anilines is 1. The molecule has 9 nitrogen and oxygen atoms in total. The second kappa shape index (κ2) is 5.63. The number of nitrogens with two attached hydrogens (primary N) is 1. The van der Waals surface area contributed by atoms with Crippen LogP contribution in [0.4, 0.5) is 10.3 Å². The highest BCUT2D eigenvalue weighted by Crippen LogP contribution is 2.36. The summed E-state index contributed by atoms with van der Waals surface area (Å²) in [6.07, 6.45) is -3.91. The van der Waals surface area contributed by atoms with Gasteiger partial charge in [-0.05, 0) is 6.92 Å². The standard InChI is InChI=1S/C12H16FN5O4/c1-2-21-11-10-15-3-5(18(10)17-12(14)16-11)9-7(13)8(20)6(4-19)22-9/h3,6-9,19-20H,2,4H2,1H3,(H2,14,17)/t6-,7?,8-,9+/m1/s1. The summed E-state index contributed by atoms with van der Waals surface area (Å²) >= 11 is 0. The summed E-state index contributed by atoms with van der Waals surface area (Å²) in [5, 5.41) is 22.8. The van der Waals surface area contributed by atoms with Crippen LogP contribution in [-0.4, -0.2) is 61.4 Å². The lowest BCUT2D eigenvalue weighted by Crippen LogP contribution is -2.30. The van der Waals surface area contributed by atoms with E-state index < -0.39 is 31.1 Å². The Hall–Kier alpha value is -2.04. The monoisotopic (exact) mass is 313 g/mol. The summed E-state index contributed by atoms with van der Waals surface area (Å²) in [7, 11) is 0. The van der Waals surface area contributed by atoms with Gasteiger partial charge in [-0.1, -0.05) is 0 Å². The van der Waals surface area contributed by atoms with Gasteiger partial charge in [0.1, 0.15) is 18.3 Å². The fraction of sp³-hybridized carbons (Fsp3) is 0.583. The molecule has 2 aromatic heterocycles. The number of hydrogen-bond donors (Lipinski definition) is 3. The molecule has 1 aliphatic heterocycles. The molecule has 4 N–H and O–H groups in total. The molecule has 2 aromatic rings. The third-order valence-electron chi connectivity index (χ3n) is 3.44. The van der Waals surface area contributed by atoms with Crippen LogP contribution in [0.1, 0.15) is 18.7 Å². The molecule has 1 unspecified atom stereocenters. The zero-order valence-corrected chi connectivity index (χ0v) is 11.8. The van der Waals surface area contributed by atoms with Crippen molar-refractivity contribution in [1.29, 1.82) is 0 Å². The maximum absolute atomic E-state index is 14.2. The fourth-order valence-corrected chi connectivity index (χ4v) is 2.43. The van der Waals surface area contributed by atoms with Crippen LogP contribution in [0, 0.1) is 0 Å². The molecule has 0 aromatic carbocycles. The number of hydrogen-bond acceptors (Lipinski definition) is 8. The van der Waals surface area contributed by atoms with E-state index in [1.807, 2.05) is 0 Å². The number of nitrogen functional groups attached to an aromatic ring is 1. The second-order valence-electron chi connectivity index (χ2n) is 4.84. The lowest BCUT2D eigenvalue weighted by molar-refractivity contribution is -0.0241. The third-order valence-corrected chi connectivity index (χ3v) is 3.44. The van der Waals surface area contributed by atoms with Crippen molar-refractivity contribution in [3.8, 4) is 5.88 Å². The Kier molecular flexibility index (Phi) is 3.81. The van der Waals surface area contributed by atoms with Crippen LogP contribution in [0.2, 0.25) is 0 Å². The van der Waals surface area contributed by atoms with E-state index in [1.54, 1.807) is 6.92 Å². The number of halogens is 1. The van der Waals surface area contributed by atoms with Crippen LogP contribution in [0.5, 0.6) is 5.88 Å². The van der Waals surface area contributed by atoms with Crippen molar-refractivity contribution in [2.75, 3.05) is 18.9 Å². The molecule has 0 saturated carbocycles. The van der Waals surface area contributed by atoms with Crippen molar-refractivity contribution < 1.29 is 24.1 Å². The van der Waals surface area contributed by atoms with E-state index >= 15 is 0 Å². The Morgan fingerprint density at radius 1 is 1.55 bits per heavy atom. The zero-order valence-electron chi connectivity index (χ0n) is 11.8. The summed E-state index contributed by atoms with van der Waals surface area (Å²) < 4.78 is 26.2. The number of nitrogens with zero attached hydrogens (tertiary/aromatic N) is 4. The van der Waals surface area contributed by atoms with Crippen molar-refractivity contribution in [2.24, 2.45) is 0 Å². The molecular formula is C12H16FN5O4. The predicted octanol–water partition coefficient (Wildman–Crippen LogP) is -0.764. The first-order chi connectivity index (χ1) is 10.6. The Balaban J connectivity index is 2.05. The molecule has 0 amide bonds. The number of aromatic nitrogens is 4. The van der Waals surface area contributed by atoms with Gasteiger partial charge >= 0.3 is 0 Å². The number of alkyl halides is 1. The SMILES string of the molecule is CCOc1nc(N)nn2c([C@@H]3O[C@H](CO)[C@@H](O)C3F)cnc12. The first-order valence-electron chi connectivity index (χ1n) is 6.79. The molecule has 1 saturated heterocycles. The largest absolute Gasteiger partial charge is 0.475 e. The van der Waals surface area contributed by atoms with E-state index in [1.165, 1.54) is 10.7 Å². The highest BCUT2D eigenvalue weighted by Gasteiger charge is 2.46. The molecule has 0 radical (unpaired) electrons. The van der Waals surface area contributed by atoms with Gasteiger partial charge in [-0.3, -0.25) is 0 Å². The highest BCUT2D eigenvalue weighted by molar-refractivity contribution is 5.51. The van der Waals surface area contributed by atoms with E-state index in [4.69, 9.17) is 20.3 Å². The quantitative estimate of drug-likeness (QED) is 0.672. The number of imidazole rings is 1. The lowest BCUT2D eigenvalue weighted by Gasteiger charge is -2.12. The van der Waals surface area contributed by atoms with Crippen LogP contribution in [0.25, 0.3) is 5.65 Å². The van der Waals surface area contributed by atoms with E-state index in [9.17, 15) is 9.50 Å². The molecule has 4 atom stereocenters. The number of aliphatic hydroxyl groups is 2. The highest BCUT2D eigenvalue weighted by atomic mass is 19.1.